The highest BCUT2D eigenvalue weighted by molar-refractivity contribution is 7.09. The van der Waals surface area contributed by atoms with Gasteiger partial charge in [0.2, 0.25) is 0 Å². The minimum absolute atomic E-state index is 0.0891. The van der Waals surface area contributed by atoms with Gasteiger partial charge >= 0.3 is 0 Å². The van der Waals surface area contributed by atoms with Gasteiger partial charge in [-0.25, -0.2) is 0 Å². The zero-order valence-electron chi connectivity index (χ0n) is 12.2. The van der Waals surface area contributed by atoms with E-state index in [1.165, 1.54) is 4.88 Å². The molecule has 4 heteroatoms. The summed E-state index contributed by atoms with van der Waals surface area (Å²) in [5, 5.41) is 2.04. The molecule has 0 N–H and O–H groups in total. The van der Waals surface area contributed by atoms with E-state index in [0.717, 1.165) is 11.3 Å². The number of anilines is 1. The van der Waals surface area contributed by atoms with Crippen molar-refractivity contribution in [3.05, 3.63) is 52.2 Å². The molecule has 2 rings (SSSR count). The Morgan fingerprint density at radius 3 is 2.35 bits per heavy atom. The number of rotatable bonds is 5. The first-order chi connectivity index (χ1) is 9.61. The third-order valence-corrected chi connectivity index (χ3v) is 4.09. The van der Waals surface area contributed by atoms with Crippen molar-refractivity contribution < 1.29 is 4.79 Å². The topological polar surface area (TPSA) is 23.6 Å². The molecule has 0 aliphatic rings. The standard InChI is InChI=1S/C16H20N2OS/c1-4-18(12-15-6-5-11-20-15)16(19)13-7-9-14(10-8-13)17(2)3/h5-11H,4,12H2,1-3H3. The lowest BCUT2D eigenvalue weighted by Gasteiger charge is -2.21. The molecule has 1 amide bonds. The van der Waals surface area contributed by atoms with Crippen molar-refractivity contribution in [3.8, 4) is 0 Å². The summed E-state index contributed by atoms with van der Waals surface area (Å²) < 4.78 is 0. The Morgan fingerprint density at radius 2 is 1.85 bits per heavy atom. The summed E-state index contributed by atoms with van der Waals surface area (Å²) in [6.45, 7) is 3.41. The summed E-state index contributed by atoms with van der Waals surface area (Å²) >= 11 is 1.69. The van der Waals surface area contributed by atoms with Crippen LogP contribution in [-0.2, 0) is 6.54 Å². The zero-order chi connectivity index (χ0) is 14.5. The Balaban J connectivity index is 2.11. The Morgan fingerprint density at radius 1 is 1.15 bits per heavy atom. The van der Waals surface area contributed by atoms with E-state index < -0.39 is 0 Å². The smallest absolute Gasteiger partial charge is 0.254 e. The monoisotopic (exact) mass is 288 g/mol. The molecular weight excluding hydrogens is 268 g/mol. The summed E-state index contributed by atoms with van der Waals surface area (Å²) in [7, 11) is 3.98. The number of amides is 1. The van der Waals surface area contributed by atoms with Gasteiger partial charge in [-0.2, -0.15) is 0 Å². The van der Waals surface area contributed by atoms with Gasteiger partial charge in [-0.15, -0.1) is 11.3 Å². The molecule has 0 atom stereocenters. The first-order valence-corrected chi connectivity index (χ1v) is 7.59. The van der Waals surface area contributed by atoms with Gasteiger partial charge in [0.25, 0.3) is 5.91 Å². The lowest BCUT2D eigenvalue weighted by molar-refractivity contribution is 0.0754. The predicted octanol–water partition coefficient (Wildman–Crippen LogP) is 3.48. The number of nitrogens with zero attached hydrogens (tertiary/aromatic N) is 2. The van der Waals surface area contributed by atoms with E-state index in [1.807, 2.05) is 66.5 Å². The minimum Gasteiger partial charge on any atom is -0.378 e. The summed E-state index contributed by atoms with van der Waals surface area (Å²) in [6, 6.07) is 11.8. The predicted molar refractivity (Wildman–Crippen MR) is 85.5 cm³/mol. The average molecular weight is 288 g/mol. The third-order valence-electron chi connectivity index (χ3n) is 3.23. The van der Waals surface area contributed by atoms with E-state index in [4.69, 9.17) is 0 Å². The van der Waals surface area contributed by atoms with Crippen molar-refractivity contribution in [1.82, 2.24) is 4.90 Å². The van der Waals surface area contributed by atoms with Crippen molar-refractivity contribution in [2.45, 2.75) is 13.5 Å². The number of thiophene rings is 1. The van der Waals surface area contributed by atoms with Crippen LogP contribution in [0.1, 0.15) is 22.2 Å². The van der Waals surface area contributed by atoms with E-state index in [1.54, 1.807) is 11.3 Å². The Kier molecular flexibility index (Phi) is 4.79. The van der Waals surface area contributed by atoms with E-state index in [-0.39, 0.29) is 5.91 Å². The van der Waals surface area contributed by atoms with Crippen LogP contribution in [0, 0.1) is 0 Å². The second kappa shape index (κ2) is 6.57. The van der Waals surface area contributed by atoms with Crippen LogP contribution in [0.2, 0.25) is 0 Å². The van der Waals surface area contributed by atoms with E-state index >= 15 is 0 Å². The van der Waals surface area contributed by atoms with Crippen molar-refractivity contribution >= 4 is 22.9 Å². The summed E-state index contributed by atoms with van der Waals surface area (Å²) in [6.07, 6.45) is 0. The molecule has 0 aliphatic carbocycles. The van der Waals surface area contributed by atoms with Gasteiger partial charge in [-0.05, 0) is 42.6 Å². The molecule has 1 heterocycles. The van der Waals surface area contributed by atoms with Crippen LogP contribution >= 0.6 is 11.3 Å². The summed E-state index contributed by atoms with van der Waals surface area (Å²) in [5.41, 5.74) is 1.84. The molecule has 0 saturated carbocycles. The molecule has 2 aromatic rings. The number of carbonyl (C=O) groups excluding carboxylic acids is 1. The van der Waals surface area contributed by atoms with Gasteiger partial charge in [0.1, 0.15) is 0 Å². The quantitative estimate of drug-likeness (QED) is 0.841. The van der Waals surface area contributed by atoms with E-state index in [9.17, 15) is 4.79 Å². The van der Waals surface area contributed by atoms with Gasteiger partial charge in [-0.3, -0.25) is 4.79 Å². The lowest BCUT2D eigenvalue weighted by Crippen LogP contribution is -2.30. The third kappa shape index (κ3) is 3.39. The molecule has 0 unspecified atom stereocenters. The first-order valence-electron chi connectivity index (χ1n) is 6.71. The molecular formula is C16H20N2OS. The van der Waals surface area contributed by atoms with Gasteiger partial charge in [0.15, 0.2) is 0 Å². The second-order valence-electron chi connectivity index (χ2n) is 4.84. The Labute approximate surface area is 124 Å². The highest BCUT2D eigenvalue weighted by Crippen LogP contribution is 2.17. The fraction of sp³-hybridized carbons (Fsp3) is 0.312. The van der Waals surface area contributed by atoms with Crippen LogP contribution in [-0.4, -0.2) is 31.4 Å². The molecule has 0 fully saturated rings. The SMILES string of the molecule is CCN(Cc1cccs1)C(=O)c1ccc(N(C)C)cc1. The molecule has 0 spiro atoms. The largest absolute Gasteiger partial charge is 0.378 e. The van der Waals surface area contributed by atoms with Gasteiger partial charge < -0.3 is 9.80 Å². The minimum atomic E-state index is 0.0891. The molecule has 0 aliphatic heterocycles. The summed E-state index contributed by atoms with van der Waals surface area (Å²) in [4.78, 5) is 17.6. The van der Waals surface area contributed by atoms with Crippen LogP contribution in [0.3, 0.4) is 0 Å². The van der Waals surface area contributed by atoms with Crippen molar-refractivity contribution in [2.75, 3.05) is 25.5 Å². The van der Waals surface area contributed by atoms with Gasteiger partial charge in [0, 0.05) is 36.8 Å². The molecule has 3 nitrogen and oxygen atoms in total. The normalized spacial score (nSPS) is 10.3. The van der Waals surface area contributed by atoms with Crippen molar-refractivity contribution in [3.63, 3.8) is 0 Å². The van der Waals surface area contributed by atoms with Crippen LogP contribution in [0.5, 0.6) is 0 Å². The number of benzene rings is 1. The first kappa shape index (κ1) is 14.6. The Hall–Kier alpha value is -1.81. The maximum absolute atomic E-state index is 12.5. The fourth-order valence-electron chi connectivity index (χ4n) is 2.00. The van der Waals surface area contributed by atoms with Crippen molar-refractivity contribution in [1.29, 1.82) is 0 Å². The van der Waals surface area contributed by atoms with Crippen LogP contribution in [0.15, 0.2) is 41.8 Å². The average Bonchev–Trinajstić information content (AvgIpc) is 2.97. The fourth-order valence-corrected chi connectivity index (χ4v) is 2.72. The number of carbonyl (C=O) groups is 1. The lowest BCUT2D eigenvalue weighted by atomic mass is 10.1. The molecule has 0 radical (unpaired) electrons. The Bertz CT molecular complexity index is 546. The van der Waals surface area contributed by atoms with Crippen molar-refractivity contribution in [2.24, 2.45) is 0 Å². The molecule has 0 saturated heterocycles. The molecule has 20 heavy (non-hydrogen) atoms. The second-order valence-corrected chi connectivity index (χ2v) is 5.87. The maximum atomic E-state index is 12.5. The van der Waals surface area contributed by atoms with Gasteiger partial charge in [0.05, 0.1) is 6.54 Å². The van der Waals surface area contributed by atoms with E-state index in [0.29, 0.717) is 13.1 Å². The molecule has 0 bridgehead atoms. The number of hydrogen-bond acceptors (Lipinski definition) is 3. The van der Waals surface area contributed by atoms with Gasteiger partial charge in [-0.1, -0.05) is 6.07 Å². The molecule has 1 aromatic heterocycles. The maximum Gasteiger partial charge on any atom is 0.254 e. The van der Waals surface area contributed by atoms with E-state index in [2.05, 4.69) is 6.07 Å². The number of hydrogen-bond donors (Lipinski definition) is 0. The highest BCUT2D eigenvalue weighted by Gasteiger charge is 2.14. The van der Waals surface area contributed by atoms with Crippen LogP contribution in [0.25, 0.3) is 0 Å². The van der Waals surface area contributed by atoms with Crippen LogP contribution < -0.4 is 4.90 Å². The molecule has 106 valence electrons. The molecule has 1 aromatic carbocycles. The highest BCUT2D eigenvalue weighted by atomic mass is 32.1. The summed E-state index contributed by atoms with van der Waals surface area (Å²) in [5.74, 6) is 0.0891. The van der Waals surface area contributed by atoms with Crippen LogP contribution in [0.4, 0.5) is 5.69 Å². The zero-order valence-corrected chi connectivity index (χ0v) is 13.0.